The summed E-state index contributed by atoms with van der Waals surface area (Å²) in [5, 5.41) is 5.06. The van der Waals surface area contributed by atoms with E-state index >= 15 is 0 Å². The third-order valence-corrected chi connectivity index (χ3v) is 13.6. The summed E-state index contributed by atoms with van der Waals surface area (Å²) in [7, 11) is 0. The highest BCUT2D eigenvalue weighted by Crippen LogP contribution is 2.47. The number of para-hydroxylation sites is 3. The lowest BCUT2D eigenvalue weighted by molar-refractivity contribution is 1.18. The highest BCUT2D eigenvalue weighted by atomic mass is 32.1. The Labute approximate surface area is 370 Å². The summed E-state index contributed by atoms with van der Waals surface area (Å²) in [6.07, 6.45) is 0. The van der Waals surface area contributed by atoms with E-state index in [2.05, 4.69) is 252 Å². The third kappa shape index (κ3) is 6.33. The van der Waals surface area contributed by atoms with E-state index in [1.807, 2.05) is 11.3 Å². The zero-order valence-corrected chi connectivity index (χ0v) is 35.2. The molecule has 63 heavy (non-hydrogen) atoms. The number of benzene rings is 10. The number of rotatable bonds is 8. The van der Waals surface area contributed by atoms with Crippen LogP contribution in [0.5, 0.6) is 0 Å². The third-order valence-electron chi connectivity index (χ3n) is 12.4. The van der Waals surface area contributed by atoms with Crippen LogP contribution >= 0.6 is 11.3 Å². The average Bonchev–Trinajstić information content (AvgIpc) is 3.91. The van der Waals surface area contributed by atoms with Gasteiger partial charge in [-0.3, -0.25) is 0 Å². The molecular weight excluding hydrogens is 781 g/mol. The van der Waals surface area contributed by atoms with Crippen molar-refractivity contribution in [2.45, 2.75) is 0 Å². The zero-order chi connectivity index (χ0) is 41.7. The summed E-state index contributed by atoms with van der Waals surface area (Å²) in [5.41, 5.74) is 16.4. The van der Waals surface area contributed by atoms with Crippen LogP contribution < -0.4 is 4.90 Å². The van der Waals surface area contributed by atoms with Crippen LogP contribution in [-0.4, -0.2) is 4.57 Å². The topological polar surface area (TPSA) is 8.17 Å². The largest absolute Gasteiger partial charge is 0.310 e. The van der Waals surface area contributed by atoms with Crippen LogP contribution in [0.1, 0.15) is 0 Å². The second kappa shape index (κ2) is 15.5. The Morgan fingerprint density at radius 3 is 1.62 bits per heavy atom. The van der Waals surface area contributed by atoms with E-state index < -0.39 is 0 Å². The Morgan fingerprint density at radius 1 is 0.317 bits per heavy atom. The molecule has 0 bridgehead atoms. The van der Waals surface area contributed by atoms with E-state index in [-0.39, 0.29) is 0 Å². The molecule has 12 rings (SSSR count). The number of hydrogen-bond acceptors (Lipinski definition) is 2. The molecule has 0 unspecified atom stereocenters. The maximum atomic E-state index is 2.45. The fourth-order valence-electron chi connectivity index (χ4n) is 9.62. The number of aromatic nitrogens is 1. The van der Waals surface area contributed by atoms with Crippen LogP contribution in [0, 0.1) is 0 Å². The molecule has 2 nitrogen and oxygen atoms in total. The standard InChI is InChI=1S/C60H40N2S/c1-3-18-41(19-4-1)46-22-7-8-23-48(46)49-24-9-10-25-50(49)51-26-11-14-30-55(51)61(45-38-39-59-54(40-45)52-27-13-16-33-58(52)63-59)44-36-34-42(35-37-44)47-29-17-32-57-60(47)53-28-12-15-31-56(53)62(57)43-20-5-2-6-21-43/h1-40H. The minimum atomic E-state index is 1.09. The Balaban J connectivity index is 1.05. The van der Waals surface area contributed by atoms with Gasteiger partial charge in [-0.2, -0.15) is 0 Å². The molecule has 2 heterocycles. The smallest absolute Gasteiger partial charge is 0.0547 e. The van der Waals surface area contributed by atoms with E-state index in [0.717, 1.165) is 28.3 Å². The van der Waals surface area contributed by atoms with E-state index in [9.17, 15) is 0 Å². The Bertz CT molecular complexity index is 3620. The first-order valence-corrected chi connectivity index (χ1v) is 22.3. The van der Waals surface area contributed by atoms with Crippen LogP contribution in [-0.2, 0) is 0 Å². The van der Waals surface area contributed by atoms with Crippen LogP contribution in [0.4, 0.5) is 17.1 Å². The normalized spacial score (nSPS) is 11.5. The summed E-state index contributed by atoms with van der Waals surface area (Å²) in [6.45, 7) is 0. The summed E-state index contributed by atoms with van der Waals surface area (Å²) >= 11 is 1.85. The minimum absolute atomic E-state index is 1.09. The molecule has 0 N–H and O–H groups in total. The van der Waals surface area contributed by atoms with Gasteiger partial charge in [0.25, 0.3) is 0 Å². The average molecular weight is 821 g/mol. The molecule has 0 atom stereocenters. The monoisotopic (exact) mass is 820 g/mol. The maximum Gasteiger partial charge on any atom is 0.0547 e. The van der Waals surface area contributed by atoms with Gasteiger partial charge in [0.2, 0.25) is 0 Å². The number of anilines is 3. The molecule has 0 aliphatic carbocycles. The second-order valence-corrected chi connectivity index (χ2v) is 17.1. The first kappa shape index (κ1) is 36.8. The van der Waals surface area contributed by atoms with Gasteiger partial charge < -0.3 is 9.47 Å². The quantitative estimate of drug-likeness (QED) is 0.148. The molecule has 0 saturated carbocycles. The summed E-state index contributed by atoms with van der Waals surface area (Å²) in [6, 6.07) is 88.4. The van der Waals surface area contributed by atoms with Gasteiger partial charge in [-0.05, 0) is 106 Å². The van der Waals surface area contributed by atoms with Crippen molar-refractivity contribution in [2.75, 3.05) is 4.90 Å². The van der Waals surface area contributed by atoms with Crippen molar-refractivity contribution in [3.05, 3.63) is 243 Å². The predicted octanol–water partition coefficient (Wildman–Crippen LogP) is 17.3. The molecule has 0 aliphatic heterocycles. The second-order valence-electron chi connectivity index (χ2n) is 16.0. The van der Waals surface area contributed by atoms with Gasteiger partial charge in [-0.15, -0.1) is 11.3 Å². The van der Waals surface area contributed by atoms with E-state index in [1.54, 1.807) is 0 Å². The molecule has 12 aromatic rings. The van der Waals surface area contributed by atoms with E-state index in [1.165, 1.54) is 80.9 Å². The Hall–Kier alpha value is -7.98. The lowest BCUT2D eigenvalue weighted by Gasteiger charge is -2.29. The van der Waals surface area contributed by atoms with Crippen LogP contribution in [0.15, 0.2) is 243 Å². The molecule has 0 radical (unpaired) electrons. The van der Waals surface area contributed by atoms with Gasteiger partial charge in [0.1, 0.15) is 0 Å². The minimum Gasteiger partial charge on any atom is -0.310 e. The van der Waals surface area contributed by atoms with Crippen molar-refractivity contribution in [1.82, 2.24) is 4.57 Å². The zero-order valence-electron chi connectivity index (χ0n) is 34.4. The van der Waals surface area contributed by atoms with Gasteiger partial charge in [0, 0.05) is 53.6 Å². The van der Waals surface area contributed by atoms with Crippen LogP contribution in [0.25, 0.3) is 92.2 Å². The van der Waals surface area contributed by atoms with Gasteiger partial charge in [-0.1, -0.05) is 176 Å². The van der Waals surface area contributed by atoms with Crippen LogP contribution in [0.2, 0.25) is 0 Å². The fourth-order valence-corrected chi connectivity index (χ4v) is 10.7. The molecule has 0 spiro atoms. The van der Waals surface area contributed by atoms with Gasteiger partial charge in [0.05, 0.1) is 16.7 Å². The van der Waals surface area contributed by atoms with Crippen molar-refractivity contribution in [3.8, 4) is 50.2 Å². The summed E-state index contributed by atoms with van der Waals surface area (Å²) in [4.78, 5) is 2.45. The van der Waals surface area contributed by atoms with Crippen molar-refractivity contribution in [1.29, 1.82) is 0 Å². The summed E-state index contributed by atoms with van der Waals surface area (Å²) in [5.74, 6) is 0. The van der Waals surface area contributed by atoms with Crippen molar-refractivity contribution >= 4 is 70.4 Å². The molecule has 10 aromatic carbocycles. The van der Waals surface area contributed by atoms with Crippen molar-refractivity contribution < 1.29 is 0 Å². The molecular formula is C60H40N2S. The highest BCUT2D eigenvalue weighted by molar-refractivity contribution is 7.25. The number of nitrogens with zero attached hydrogens (tertiary/aromatic N) is 2. The van der Waals surface area contributed by atoms with Crippen LogP contribution in [0.3, 0.4) is 0 Å². The molecule has 296 valence electrons. The molecule has 0 amide bonds. The maximum absolute atomic E-state index is 2.45. The van der Waals surface area contributed by atoms with Crippen molar-refractivity contribution in [2.24, 2.45) is 0 Å². The SMILES string of the molecule is c1ccc(-c2ccccc2-c2ccccc2-c2ccccc2N(c2ccc(-c3cccc4c3c3ccccc3n4-c3ccccc3)cc2)c2ccc3sc4ccccc4c3c2)cc1. The highest BCUT2D eigenvalue weighted by Gasteiger charge is 2.22. The Kier molecular flexibility index (Phi) is 9.06. The lowest BCUT2D eigenvalue weighted by Crippen LogP contribution is -2.11. The van der Waals surface area contributed by atoms with Crippen molar-refractivity contribution in [3.63, 3.8) is 0 Å². The predicted molar refractivity (Wildman–Crippen MR) is 270 cm³/mol. The van der Waals surface area contributed by atoms with E-state index in [4.69, 9.17) is 0 Å². The molecule has 0 saturated heterocycles. The number of fused-ring (bicyclic) bond motifs is 6. The number of thiophene rings is 1. The first-order chi connectivity index (χ1) is 31.3. The molecule has 0 fully saturated rings. The molecule has 2 aromatic heterocycles. The molecule has 3 heteroatoms. The Morgan fingerprint density at radius 2 is 0.841 bits per heavy atom. The lowest BCUT2D eigenvalue weighted by atomic mass is 9.88. The van der Waals surface area contributed by atoms with E-state index in [0.29, 0.717) is 0 Å². The first-order valence-electron chi connectivity index (χ1n) is 21.5. The van der Waals surface area contributed by atoms with Gasteiger partial charge in [-0.25, -0.2) is 0 Å². The fraction of sp³-hybridized carbons (Fsp3) is 0. The summed E-state index contributed by atoms with van der Waals surface area (Å²) < 4.78 is 4.98. The van der Waals surface area contributed by atoms with Gasteiger partial charge in [0.15, 0.2) is 0 Å². The number of hydrogen-bond donors (Lipinski definition) is 0. The molecule has 0 aliphatic rings. The van der Waals surface area contributed by atoms with Gasteiger partial charge >= 0.3 is 0 Å².